The molecule has 2 aromatic heterocycles. The Labute approximate surface area is 134 Å². The third-order valence-electron chi connectivity index (χ3n) is 3.88. The molecule has 1 saturated heterocycles. The molecule has 3 rings (SSSR count). The second-order valence-electron chi connectivity index (χ2n) is 5.82. The summed E-state index contributed by atoms with van der Waals surface area (Å²) in [7, 11) is 1.85. The molecule has 0 spiro atoms. The molecular formula is C16H21N3O2S. The van der Waals surface area contributed by atoms with Gasteiger partial charge in [0, 0.05) is 43.1 Å². The van der Waals surface area contributed by atoms with Crippen LogP contribution in [0.15, 0.2) is 23.7 Å². The van der Waals surface area contributed by atoms with Gasteiger partial charge < -0.3 is 10.1 Å². The van der Waals surface area contributed by atoms with E-state index in [4.69, 9.17) is 4.74 Å². The minimum atomic E-state index is -0.0425. The van der Waals surface area contributed by atoms with Crippen molar-refractivity contribution in [3.63, 3.8) is 0 Å². The van der Waals surface area contributed by atoms with E-state index in [1.165, 1.54) is 4.88 Å². The predicted molar refractivity (Wildman–Crippen MR) is 86.3 cm³/mol. The predicted octanol–water partition coefficient (Wildman–Crippen LogP) is 2.35. The number of carbonyl (C=O) groups is 1. The van der Waals surface area contributed by atoms with Gasteiger partial charge in [-0.2, -0.15) is 5.10 Å². The van der Waals surface area contributed by atoms with E-state index in [9.17, 15) is 4.79 Å². The first kappa shape index (κ1) is 15.2. The van der Waals surface area contributed by atoms with Crippen LogP contribution in [0, 0.1) is 0 Å². The summed E-state index contributed by atoms with van der Waals surface area (Å²) in [4.78, 5) is 13.9. The van der Waals surface area contributed by atoms with Gasteiger partial charge in [0.25, 0.3) is 5.91 Å². The largest absolute Gasteiger partial charge is 0.381 e. The molecular weight excluding hydrogens is 298 g/mol. The number of rotatable bonds is 5. The van der Waals surface area contributed by atoms with Crippen molar-refractivity contribution in [2.75, 3.05) is 13.2 Å². The molecule has 1 aliphatic rings. The van der Waals surface area contributed by atoms with Gasteiger partial charge in [-0.15, -0.1) is 11.3 Å². The van der Waals surface area contributed by atoms with Gasteiger partial charge in [0.05, 0.1) is 17.9 Å². The van der Waals surface area contributed by atoms with Crippen molar-refractivity contribution in [2.45, 2.75) is 31.7 Å². The summed E-state index contributed by atoms with van der Waals surface area (Å²) in [6, 6.07) is 4.23. The van der Waals surface area contributed by atoms with Crippen molar-refractivity contribution >= 4 is 17.2 Å². The molecule has 0 aliphatic carbocycles. The summed E-state index contributed by atoms with van der Waals surface area (Å²) < 4.78 is 7.14. The molecule has 22 heavy (non-hydrogen) atoms. The van der Waals surface area contributed by atoms with Crippen LogP contribution in [0.1, 0.15) is 40.2 Å². The van der Waals surface area contributed by atoms with Gasteiger partial charge in [-0.05, 0) is 24.8 Å². The molecule has 0 aromatic carbocycles. The molecule has 1 N–H and O–H groups in total. The fourth-order valence-electron chi connectivity index (χ4n) is 2.82. The van der Waals surface area contributed by atoms with E-state index in [0.717, 1.165) is 25.1 Å². The number of hydrogen-bond acceptors (Lipinski definition) is 4. The summed E-state index contributed by atoms with van der Waals surface area (Å²) in [5.41, 5.74) is 1.54. The Bertz CT molecular complexity index is 630. The molecule has 1 fully saturated rings. The van der Waals surface area contributed by atoms with Crippen molar-refractivity contribution < 1.29 is 9.53 Å². The number of aromatic nitrogens is 2. The normalized spacial score (nSPS) is 19.3. The van der Waals surface area contributed by atoms with Gasteiger partial charge in [-0.25, -0.2) is 0 Å². The minimum absolute atomic E-state index is 0.0425. The number of carbonyl (C=O) groups excluding carboxylic acids is 1. The zero-order valence-corrected chi connectivity index (χ0v) is 13.7. The number of amides is 1. The number of thiophene rings is 1. The number of hydrogen-bond donors (Lipinski definition) is 1. The Morgan fingerprint density at radius 2 is 2.50 bits per heavy atom. The molecule has 6 heteroatoms. The van der Waals surface area contributed by atoms with Gasteiger partial charge >= 0.3 is 0 Å². The molecule has 118 valence electrons. The van der Waals surface area contributed by atoms with Crippen LogP contribution in [-0.2, 0) is 18.2 Å². The van der Waals surface area contributed by atoms with Crippen molar-refractivity contribution in [1.82, 2.24) is 15.1 Å². The zero-order valence-electron chi connectivity index (χ0n) is 12.9. The Balaban J connectivity index is 1.69. The highest BCUT2D eigenvalue weighted by atomic mass is 32.1. The smallest absolute Gasteiger partial charge is 0.254 e. The van der Waals surface area contributed by atoms with Crippen LogP contribution in [0.2, 0.25) is 0 Å². The van der Waals surface area contributed by atoms with Crippen LogP contribution in [0.3, 0.4) is 0 Å². The number of nitrogens with one attached hydrogen (secondary N) is 1. The molecule has 3 heterocycles. The van der Waals surface area contributed by atoms with E-state index < -0.39 is 0 Å². The highest BCUT2D eigenvalue weighted by Gasteiger charge is 2.27. The summed E-state index contributed by atoms with van der Waals surface area (Å²) in [6.45, 7) is 3.44. The van der Waals surface area contributed by atoms with Crippen molar-refractivity contribution in [1.29, 1.82) is 0 Å². The Hall–Kier alpha value is -1.66. The Morgan fingerprint density at radius 1 is 1.64 bits per heavy atom. The van der Waals surface area contributed by atoms with Crippen LogP contribution in [0.25, 0.3) is 0 Å². The van der Waals surface area contributed by atoms with Gasteiger partial charge in [-0.3, -0.25) is 9.48 Å². The molecule has 0 radical (unpaired) electrons. The SMILES string of the molecule is CC(Cc1cccs1)NC(=O)c1cn(C)nc1C1CCOC1. The monoisotopic (exact) mass is 319 g/mol. The van der Waals surface area contributed by atoms with Crippen LogP contribution < -0.4 is 5.32 Å². The standard InChI is InChI=1S/C16H21N3O2S/c1-11(8-13-4-3-7-22-13)17-16(20)14-9-19(2)18-15(14)12-5-6-21-10-12/h3-4,7,9,11-12H,5-6,8,10H2,1-2H3,(H,17,20). The number of ether oxygens (including phenoxy) is 1. The van der Waals surface area contributed by atoms with E-state index in [2.05, 4.69) is 21.9 Å². The Kier molecular flexibility index (Phi) is 4.59. The number of aryl methyl sites for hydroxylation is 1. The first-order valence-corrected chi connectivity index (χ1v) is 8.46. The summed E-state index contributed by atoms with van der Waals surface area (Å²) in [5, 5.41) is 9.62. The van der Waals surface area contributed by atoms with E-state index in [-0.39, 0.29) is 17.9 Å². The minimum Gasteiger partial charge on any atom is -0.381 e. The first-order valence-electron chi connectivity index (χ1n) is 7.58. The first-order chi connectivity index (χ1) is 10.6. The third kappa shape index (κ3) is 3.39. The van der Waals surface area contributed by atoms with E-state index in [1.807, 2.05) is 20.0 Å². The molecule has 2 unspecified atom stereocenters. The van der Waals surface area contributed by atoms with Crippen molar-refractivity contribution in [3.05, 3.63) is 39.8 Å². The quantitative estimate of drug-likeness (QED) is 0.920. The molecule has 2 aromatic rings. The fourth-order valence-corrected chi connectivity index (χ4v) is 3.65. The number of nitrogens with zero attached hydrogens (tertiary/aromatic N) is 2. The second-order valence-corrected chi connectivity index (χ2v) is 6.85. The molecule has 1 amide bonds. The molecule has 1 aliphatic heterocycles. The van der Waals surface area contributed by atoms with E-state index in [0.29, 0.717) is 12.2 Å². The summed E-state index contributed by atoms with van der Waals surface area (Å²) >= 11 is 1.72. The van der Waals surface area contributed by atoms with Gasteiger partial charge in [0.15, 0.2) is 0 Å². The lowest BCUT2D eigenvalue weighted by molar-refractivity contribution is 0.0938. The molecule has 2 atom stereocenters. The maximum absolute atomic E-state index is 12.6. The lowest BCUT2D eigenvalue weighted by Gasteiger charge is -2.14. The highest BCUT2D eigenvalue weighted by molar-refractivity contribution is 7.09. The van der Waals surface area contributed by atoms with Gasteiger partial charge in [0.2, 0.25) is 0 Å². The van der Waals surface area contributed by atoms with E-state index >= 15 is 0 Å². The lowest BCUT2D eigenvalue weighted by Crippen LogP contribution is -2.34. The van der Waals surface area contributed by atoms with Crippen LogP contribution in [0.4, 0.5) is 0 Å². The third-order valence-corrected chi connectivity index (χ3v) is 4.78. The molecule has 0 bridgehead atoms. The van der Waals surface area contributed by atoms with Crippen LogP contribution >= 0.6 is 11.3 Å². The molecule has 5 nitrogen and oxygen atoms in total. The van der Waals surface area contributed by atoms with Crippen molar-refractivity contribution in [2.24, 2.45) is 7.05 Å². The van der Waals surface area contributed by atoms with Gasteiger partial charge in [-0.1, -0.05) is 6.07 Å². The van der Waals surface area contributed by atoms with Crippen molar-refractivity contribution in [3.8, 4) is 0 Å². The average Bonchev–Trinajstić information content (AvgIpc) is 3.17. The lowest BCUT2D eigenvalue weighted by atomic mass is 10.0. The summed E-state index contributed by atoms with van der Waals surface area (Å²) in [6.07, 6.45) is 3.59. The maximum Gasteiger partial charge on any atom is 0.254 e. The highest BCUT2D eigenvalue weighted by Crippen LogP contribution is 2.26. The fraction of sp³-hybridized carbons (Fsp3) is 0.500. The zero-order chi connectivity index (χ0) is 15.5. The van der Waals surface area contributed by atoms with Crippen LogP contribution in [-0.4, -0.2) is 34.9 Å². The van der Waals surface area contributed by atoms with Gasteiger partial charge in [0.1, 0.15) is 0 Å². The molecule has 0 saturated carbocycles. The Morgan fingerprint density at radius 3 is 3.18 bits per heavy atom. The topological polar surface area (TPSA) is 56.2 Å². The second kappa shape index (κ2) is 6.62. The average molecular weight is 319 g/mol. The van der Waals surface area contributed by atoms with Crippen LogP contribution in [0.5, 0.6) is 0 Å². The maximum atomic E-state index is 12.6. The summed E-state index contributed by atoms with van der Waals surface area (Å²) in [5.74, 6) is 0.189. The van der Waals surface area contributed by atoms with E-state index in [1.54, 1.807) is 22.2 Å².